The number of ether oxygens (including phenoxy) is 2. The van der Waals surface area contributed by atoms with Gasteiger partial charge < -0.3 is 14.6 Å². The van der Waals surface area contributed by atoms with Crippen LogP contribution in [0.1, 0.15) is 21.5 Å². The molecule has 0 atom stereocenters. The van der Waals surface area contributed by atoms with Gasteiger partial charge in [0.05, 0.1) is 19.8 Å². The molecule has 0 heterocycles. The molecule has 21 heavy (non-hydrogen) atoms. The number of rotatable bonds is 4. The molecule has 0 saturated carbocycles. The van der Waals surface area contributed by atoms with Gasteiger partial charge in [-0.25, -0.2) is 4.79 Å². The summed E-state index contributed by atoms with van der Waals surface area (Å²) in [6.45, 7) is 3.91. The summed E-state index contributed by atoms with van der Waals surface area (Å²) in [6.07, 6.45) is 0. The van der Waals surface area contributed by atoms with E-state index >= 15 is 0 Å². The van der Waals surface area contributed by atoms with Crippen molar-refractivity contribution in [1.29, 1.82) is 0 Å². The SMILES string of the molecule is COc1cc(C)cc(C)c1-c1c(OC)cccc1C(=O)O. The molecule has 1 N–H and O–H groups in total. The molecule has 0 aliphatic carbocycles. The van der Waals surface area contributed by atoms with E-state index in [4.69, 9.17) is 9.47 Å². The van der Waals surface area contributed by atoms with Crippen molar-refractivity contribution >= 4 is 5.97 Å². The van der Waals surface area contributed by atoms with Gasteiger partial charge in [0.1, 0.15) is 11.5 Å². The van der Waals surface area contributed by atoms with Crippen molar-refractivity contribution in [3.05, 3.63) is 47.0 Å². The van der Waals surface area contributed by atoms with Gasteiger partial charge in [-0.05, 0) is 43.2 Å². The first-order chi connectivity index (χ1) is 9.99. The summed E-state index contributed by atoms with van der Waals surface area (Å²) in [4.78, 5) is 11.5. The molecule has 2 rings (SSSR count). The van der Waals surface area contributed by atoms with Crippen molar-refractivity contribution in [2.75, 3.05) is 14.2 Å². The molecular weight excluding hydrogens is 268 g/mol. The summed E-state index contributed by atoms with van der Waals surface area (Å²) >= 11 is 0. The van der Waals surface area contributed by atoms with Crippen LogP contribution < -0.4 is 9.47 Å². The highest BCUT2D eigenvalue weighted by molar-refractivity contribution is 5.99. The number of carbonyl (C=O) groups is 1. The molecule has 0 fully saturated rings. The van der Waals surface area contributed by atoms with E-state index in [1.165, 1.54) is 7.11 Å². The van der Waals surface area contributed by atoms with E-state index in [1.54, 1.807) is 25.3 Å². The van der Waals surface area contributed by atoms with Gasteiger partial charge in [-0.2, -0.15) is 0 Å². The minimum Gasteiger partial charge on any atom is -0.496 e. The average molecular weight is 286 g/mol. The third-order valence-corrected chi connectivity index (χ3v) is 3.39. The molecule has 4 nitrogen and oxygen atoms in total. The molecule has 2 aromatic carbocycles. The van der Waals surface area contributed by atoms with Gasteiger partial charge >= 0.3 is 5.97 Å². The zero-order valence-corrected chi connectivity index (χ0v) is 12.6. The van der Waals surface area contributed by atoms with Crippen molar-refractivity contribution < 1.29 is 19.4 Å². The lowest BCUT2D eigenvalue weighted by Crippen LogP contribution is -2.04. The Morgan fingerprint density at radius 1 is 1.00 bits per heavy atom. The molecule has 0 saturated heterocycles. The number of aryl methyl sites for hydroxylation is 2. The first-order valence-electron chi connectivity index (χ1n) is 6.55. The van der Waals surface area contributed by atoms with Crippen LogP contribution >= 0.6 is 0 Å². The van der Waals surface area contributed by atoms with Crippen molar-refractivity contribution in [3.8, 4) is 22.6 Å². The minimum absolute atomic E-state index is 0.194. The number of carboxylic acids is 1. The summed E-state index contributed by atoms with van der Waals surface area (Å²) < 4.78 is 10.8. The van der Waals surface area contributed by atoms with Gasteiger partial charge in [-0.3, -0.25) is 0 Å². The molecule has 110 valence electrons. The van der Waals surface area contributed by atoms with E-state index in [1.807, 2.05) is 26.0 Å². The van der Waals surface area contributed by atoms with E-state index < -0.39 is 5.97 Å². The molecular formula is C17H18O4. The van der Waals surface area contributed by atoms with Gasteiger partial charge in [-0.15, -0.1) is 0 Å². The van der Waals surface area contributed by atoms with Gasteiger partial charge in [0.2, 0.25) is 0 Å². The highest BCUT2D eigenvalue weighted by Crippen LogP contribution is 2.41. The molecule has 2 aromatic rings. The Bertz CT molecular complexity index is 689. The van der Waals surface area contributed by atoms with E-state index in [0.717, 1.165) is 16.7 Å². The van der Waals surface area contributed by atoms with Crippen molar-refractivity contribution in [1.82, 2.24) is 0 Å². The lowest BCUT2D eigenvalue weighted by atomic mass is 9.93. The van der Waals surface area contributed by atoms with Crippen LogP contribution in [0.15, 0.2) is 30.3 Å². The summed E-state index contributed by atoms with van der Waals surface area (Å²) in [5.41, 5.74) is 3.48. The number of carboxylic acid groups (broad SMARTS) is 1. The normalized spacial score (nSPS) is 10.3. The number of benzene rings is 2. The van der Waals surface area contributed by atoms with Crippen LogP contribution in [0, 0.1) is 13.8 Å². The number of aromatic carboxylic acids is 1. The van der Waals surface area contributed by atoms with Crippen LogP contribution in [-0.4, -0.2) is 25.3 Å². The monoisotopic (exact) mass is 286 g/mol. The fourth-order valence-electron chi connectivity index (χ4n) is 2.55. The summed E-state index contributed by atoms with van der Waals surface area (Å²) in [7, 11) is 3.11. The second-order valence-corrected chi connectivity index (χ2v) is 4.85. The lowest BCUT2D eigenvalue weighted by Gasteiger charge is -2.17. The zero-order valence-electron chi connectivity index (χ0n) is 12.6. The largest absolute Gasteiger partial charge is 0.496 e. The summed E-state index contributed by atoms with van der Waals surface area (Å²) in [5.74, 6) is 0.158. The summed E-state index contributed by atoms with van der Waals surface area (Å²) in [6, 6.07) is 8.87. The maximum absolute atomic E-state index is 11.5. The number of hydrogen-bond acceptors (Lipinski definition) is 3. The Kier molecular flexibility index (Phi) is 4.17. The van der Waals surface area contributed by atoms with Gasteiger partial charge in [0.15, 0.2) is 0 Å². The maximum atomic E-state index is 11.5. The van der Waals surface area contributed by atoms with Crippen molar-refractivity contribution in [3.63, 3.8) is 0 Å². The van der Waals surface area contributed by atoms with E-state index in [-0.39, 0.29) is 5.56 Å². The maximum Gasteiger partial charge on any atom is 0.336 e. The highest BCUT2D eigenvalue weighted by atomic mass is 16.5. The quantitative estimate of drug-likeness (QED) is 0.931. The zero-order chi connectivity index (χ0) is 15.6. The molecule has 0 aliphatic rings. The van der Waals surface area contributed by atoms with E-state index in [9.17, 15) is 9.90 Å². The predicted octanol–water partition coefficient (Wildman–Crippen LogP) is 3.69. The van der Waals surface area contributed by atoms with Crippen LogP contribution in [0.3, 0.4) is 0 Å². The fraction of sp³-hybridized carbons (Fsp3) is 0.235. The molecule has 0 radical (unpaired) electrons. The smallest absolute Gasteiger partial charge is 0.336 e. The second kappa shape index (κ2) is 5.87. The highest BCUT2D eigenvalue weighted by Gasteiger charge is 2.21. The molecule has 0 bridgehead atoms. The van der Waals surface area contributed by atoms with Gasteiger partial charge in [0, 0.05) is 11.1 Å². The third-order valence-electron chi connectivity index (χ3n) is 3.39. The lowest BCUT2D eigenvalue weighted by molar-refractivity contribution is 0.0697. The first-order valence-corrected chi connectivity index (χ1v) is 6.55. The number of hydrogen-bond donors (Lipinski definition) is 1. The minimum atomic E-state index is -0.995. The van der Waals surface area contributed by atoms with Gasteiger partial charge in [0.25, 0.3) is 0 Å². The standard InChI is InChI=1S/C17H18O4/c1-10-8-11(2)15(14(9-10)21-4)16-12(17(18)19)6-5-7-13(16)20-3/h5-9H,1-4H3,(H,18,19). The van der Waals surface area contributed by atoms with Crippen LogP contribution in [0.4, 0.5) is 0 Å². The fourth-order valence-corrected chi connectivity index (χ4v) is 2.55. The Balaban J connectivity index is 2.87. The van der Waals surface area contributed by atoms with E-state index in [2.05, 4.69) is 0 Å². The Morgan fingerprint density at radius 2 is 1.67 bits per heavy atom. The third kappa shape index (κ3) is 2.70. The molecule has 0 amide bonds. The summed E-state index contributed by atoms with van der Waals surface area (Å²) in [5, 5.41) is 9.46. The van der Waals surface area contributed by atoms with Crippen LogP contribution in [-0.2, 0) is 0 Å². The Morgan fingerprint density at radius 3 is 2.24 bits per heavy atom. The number of methoxy groups -OCH3 is 2. The molecule has 0 aromatic heterocycles. The van der Waals surface area contributed by atoms with E-state index in [0.29, 0.717) is 17.1 Å². The van der Waals surface area contributed by atoms with Gasteiger partial charge in [-0.1, -0.05) is 12.1 Å². The average Bonchev–Trinajstić information content (AvgIpc) is 2.45. The van der Waals surface area contributed by atoms with Crippen LogP contribution in [0.2, 0.25) is 0 Å². The first kappa shape index (κ1) is 14.9. The topological polar surface area (TPSA) is 55.8 Å². The van der Waals surface area contributed by atoms with Crippen molar-refractivity contribution in [2.45, 2.75) is 13.8 Å². The second-order valence-electron chi connectivity index (χ2n) is 4.85. The van der Waals surface area contributed by atoms with Crippen LogP contribution in [0.5, 0.6) is 11.5 Å². The molecule has 0 unspecified atom stereocenters. The molecule has 4 heteroatoms. The Hall–Kier alpha value is -2.49. The van der Waals surface area contributed by atoms with Crippen molar-refractivity contribution in [2.24, 2.45) is 0 Å². The molecule has 0 spiro atoms. The van der Waals surface area contributed by atoms with Crippen LogP contribution in [0.25, 0.3) is 11.1 Å². The predicted molar refractivity (Wildman–Crippen MR) is 81.4 cm³/mol. The Labute approximate surface area is 123 Å². The molecule has 0 aliphatic heterocycles.